The number of piperidine rings is 1. The van der Waals surface area contributed by atoms with Crippen LogP contribution in [-0.4, -0.2) is 73.6 Å². The second-order valence-corrected chi connectivity index (χ2v) is 10.6. The van der Waals surface area contributed by atoms with Crippen molar-refractivity contribution in [3.8, 4) is 23.1 Å². The van der Waals surface area contributed by atoms with Gasteiger partial charge in [-0.05, 0) is 51.3 Å². The Morgan fingerprint density at radius 1 is 1.29 bits per heavy atom. The summed E-state index contributed by atoms with van der Waals surface area (Å²) >= 11 is 6.26. The predicted molar refractivity (Wildman–Crippen MR) is 147 cm³/mol. The Bertz CT molecular complexity index is 1470. The summed E-state index contributed by atoms with van der Waals surface area (Å²) in [5.41, 5.74) is 10.0. The largest absolute Gasteiger partial charge is 0.383 e. The van der Waals surface area contributed by atoms with Crippen molar-refractivity contribution in [2.45, 2.75) is 45.4 Å². The van der Waals surface area contributed by atoms with Gasteiger partial charge in [-0.25, -0.2) is 14.4 Å². The molecule has 5 rings (SSSR count). The molecule has 0 unspecified atom stereocenters. The molecule has 2 N–H and O–H groups in total. The average Bonchev–Trinajstić information content (AvgIpc) is 3.20. The number of halogens is 2. The van der Waals surface area contributed by atoms with Crippen LogP contribution in [0.15, 0.2) is 31.1 Å². The number of nitrogens with two attached hydrogens (primary N) is 1. The summed E-state index contributed by atoms with van der Waals surface area (Å²) in [6, 6.07) is 3.55. The quantitative estimate of drug-likeness (QED) is 0.400. The average molecular weight is 536 g/mol. The number of hydrogen-bond donors (Lipinski definition) is 1. The third kappa shape index (κ3) is 4.63. The molecule has 2 atom stereocenters. The van der Waals surface area contributed by atoms with Gasteiger partial charge >= 0.3 is 0 Å². The number of nitrogens with zero attached hydrogens (tertiary/aromatic N) is 6. The second-order valence-electron chi connectivity index (χ2n) is 10.2. The zero-order valence-electron chi connectivity index (χ0n) is 21.8. The Hall–Kier alpha value is -3.48. The van der Waals surface area contributed by atoms with Crippen molar-refractivity contribution in [1.82, 2.24) is 29.3 Å². The molecular weight excluding hydrogens is 505 g/mol. The third-order valence-electron chi connectivity index (χ3n) is 7.37. The number of likely N-dealkylation sites (tertiary alicyclic amines) is 2. The smallest absolute Gasteiger partial charge is 0.246 e. The van der Waals surface area contributed by atoms with E-state index in [0.29, 0.717) is 53.9 Å². The molecule has 0 aromatic carbocycles. The van der Waals surface area contributed by atoms with Crippen LogP contribution in [0.3, 0.4) is 0 Å². The van der Waals surface area contributed by atoms with Crippen molar-refractivity contribution >= 4 is 34.4 Å². The molecule has 198 valence electrons. The summed E-state index contributed by atoms with van der Waals surface area (Å²) in [4.78, 5) is 29.0. The summed E-state index contributed by atoms with van der Waals surface area (Å²) in [6.45, 7) is 11.5. The first-order chi connectivity index (χ1) is 18.2. The maximum atomic E-state index is 14.9. The lowest BCUT2D eigenvalue weighted by Crippen LogP contribution is -2.60. The fraction of sp³-hybridized carbons (Fsp3) is 0.429. The van der Waals surface area contributed by atoms with Gasteiger partial charge in [-0.15, -0.1) is 0 Å². The van der Waals surface area contributed by atoms with Gasteiger partial charge in [0.2, 0.25) is 5.91 Å². The lowest BCUT2D eigenvalue weighted by Gasteiger charge is -2.46. The highest BCUT2D eigenvalue weighted by atomic mass is 35.5. The molecule has 0 spiro atoms. The number of aromatic nitrogens is 4. The number of pyridine rings is 1. The summed E-state index contributed by atoms with van der Waals surface area (Å²) < 4.78 is 17.0. The van der Waals surface area contributed by atoms with Crippen LogP contribution in [0.2, 0.25) is 5.02 Å². The molecule has 0 radical (unpaired) electrons. The number of fused-ring (bicyclic) bond motifs is 1. The van der Waals surface area contributed by atoms with Crippen LogP contribution in [-0.2, 0) is 4.79 Å². The van der Waals surface area contributed by atoms with E-state index in [1.54, 1.807) is 0 Å². The molecule has 2 fully saturated rings. The Morgan fingerprint density at radius 2 is 2.05 bits per heavy atom. The Labute approximate surface area is 226 Å². The molecule has 1 amide bonds. The van der Waals surface area contributed by atoms with Gasteiger partial charge in [-0.2, -0.15) is 0 Å². The van der Waals surface area contributed by atoms with Gasteiger partial charge in [-0.1, -0.05) is 24.1 Å². The first-order valence-electron chi connectivity index (χ1n) is 12.8. The SMILES string of the molecule is C=CC(=O)N1CC[C@H](N2CC(C#Cc3c(-c4ccc(Cl)c(C)n4)c4c(N)ncnc4n3C(C)C)C2)[C@H](F)C1. The van der Waals surface area contributed by atoms with E-state index in [2.05, 4.69) is 51.7 Å². The number of carbonyl (C=O) groups excluding carboxylic acids is 1. The zero-order chi connectivity index (χ0) is 27.1. The molecule has 3 aromatic rings. The van der Waals surface area contributed by atoms with E-state index in [1.807, 2.05) is 19.1 Å². The number of anilines is 1. The molecule has 0 bridgehead atoms. The number of carbonyl (C=O) groups is 1. The van der Waals surface area contributed by atoms with E-state index in [9.17, 15) is 9.18 Å². The number of rotatable bonds is 4. The molecule has 2 aliphatic heterocycles. The van der Waals surface area contributed by atoms with Crippen LogP contribution in [0.4, 0.5) is 10.2 Å². The summed E-state index contributed by atoms with van der Waals surface area (Å²) in [5.74, 6) is 7.07. The molecule has 38 heavy (non-hydrogen) atoms. The number of hydrogen-bond acceptors (Lipinski definition) is 6. The molecule has 10 heteroatoms. The van der Waals surface area contributed by atoms with Crippen molar-refractivity contribution in [3.05, 3.63) is 47.5 Å². The highest BCUT2D eigenvalue weighted by molar-refractivity contribution is 6.31. The number of aryl methyl sites for hydroxylation is 1. The topological polar surface area (TPSA) is 93.2 Å². The second kappa shape index (κ2) is 10.4. The summed E-state index contributed by atoms with van der Waals surface area (Å²) in [5, 5.41) is 1.30. The standard InChI is InChI=1S/C28H31ClFN7O/c1-5-24(38)35-11-10-22(20(30)14-35)36-12-18(13-36)6-9-23-25(21-8-7-19(29)17(4)34-21)26-27(31)32-15-33-28(26)37(23)16(2)3/h5,7-8,15-16,18,20,22H,1,10-14H2,2-4H3,(H2,31,32,33)/t20-,22+/m1/s1. The maximum absolute atomic E-state index is 14.9. The van der Waals surface area contributed by atoms with Crippen LogP contribution in [0.1, 0.15) is 37.7 Å². The van der Waals surface area contributed by atoms with E-state index in [4.69, 9.17) is 22.3 Å². The predicted octanol–water partition coefficient (Wildman–Crippen LogP) is 4.03. The minimum Gasteiger partial charge on any atom is -0.383 e. The van der Waals surface area contributed by atoms with Crippen LogP contribution >= 0.6 is 11.6 Å². The first-order valence-corrected chi connectivity index (χ1v) is 13.2. The number of nitrogen functional groups attached to an aromatic ring is 1. The molecule has 8 nitrogen and oxygen atoms in total. The molecule has 3 aromatic heterocycles. The van der Waals surface area contributed by atoms with E-state index in [1.165, 1.54) is 17.3 Å². The van der Waals surface area contributed by atoms with Gasteiger partial charge in [-0.3, -0.25) is 14.7 Å². The molecule has 2 saturated heterocycles. The Morgan fingerprint density at radius 3 is 2.71 bits per heavy atom. The van der Waals surface area contributed by atoms with Gasteiger partial charge < -0.3 is 15.2 Å². The highest BCUT2D eigenvalue weighted by Gasteiger charge is 2.39. The highest BCUT2D eigenvalue weighted by Crippen LogP contribution is 2.38. The van der Waals surface area contributed by atoms with Crippen LogP contribution < -0.4 is 5.73 Å². The lowest BCUT2D eigenvalue weighted by atomic mass is 9.92. The van der Waals surface area contributed by atoms with Crippen LogP contribution in [0.5, 0.6) is 0 Å². The van der Waals surface area contributed by atoms with Gasteiger partial charge in [0.25, 0.3) is 0 Å². The van der Waals surface area contributed by atoms with Crippen molar-refractivity contribution in [2.75, 3.05) is 31.9 Å². The third-order valence-corrected chi connectivity index (χ3v) is 7.77. The number of amides is 1. The molecule has 0 aliphatic carbocycles. The van der Waals surface area contributed by atoms with E-state index in [-0.39, 0.29) is 30.5 Å². The van der Waals surface area contributed by atoms with E-state index < -0.39 is 6.17 Å². The summed E-state index contributed by atoms with van der Waals surface area (Å²) in [6.07, 6.45) is 2.22. The van der Waals surface area contributed by atoms with Crippen molar-refractivity contribution in [2.24, 2.45) is 5.92 Å². The number of alkyl halides is 1. The Kier molecular flexibility index (Phi) is 7.12. The van der Waals surface area contributed by atoms with Gasteiger partial charge in [0.15, 0.2) is 0 Å². The molecule has 0 saturated carbocycles. The fourth-order valence-corrected chi connectivity index (χ4v) is 5.50. The minimum absolute atomic E-state index is 0.0619. The van der Waals surface area contributed by atoms with E-state index in [0.717, 1.165) is 16.6 Å². The zero-order valence-corrected chi connectivity index (χ0v) is 22.5. The van der Waals surface area contributed by atoms with Gasteiger partial charge in [0.05, 0.1) is 28.3 Å². The molecule has 2 aliphatic rings. The Balaban J connectivity index is 1.45. The molecular formula is C28H31ClFN7O. The molecule has 5 heterocycles. The summed E-state index contributed by atoms with van der Waals surface area (Å²) in [7, 11) is 0. The van der Waals surface area contributed by atoms with Crippen molar-refractivity contribution in [1.29, 1.82) is 0 Å². The van der Waals surface area contributed by atoms with E-state index >= 15 is 0 Å². The monoisotopic (exact) mass is 535 g/mol. The van der Waals surface area contributed by atoms with Crippen molar-refractivity contribution < 1.29 is 9.18 Å². The first kappa shape index (κ1) is 26.1. The van der Waals surface area contributed by atoms with Crippen LogP contribution in [0.25, 0.3) is 22.3 Å². The fourth-order valence-electron chi connectivity index (χ4n) is 5.39. The van der Waals surface area contributed by atoms with Crippen molar-refractivity contribution in [3.63, 3.8) is 0 Å². The van der Waals surface area contributed by atoms with Gasteiger partial charge in [0.1, 0.15) is 29.7 Å². The van der Waals surface area contributed by atoms with Crippen LogP contribution in [0, 0.1) is 24.7 Å². The lowest BCUT2D eigenvalue weighted by molar-refractivity contribution is -0.130. The maximum Gasteiger partial charge on any atom is 0.246 e. The minimum atomic E-state index is -1.09. The van der Waals surface area contributed by atoms with Gasteiger partial charge in [0, 0.05) is 43.2 Å². The normalized spacial score (nSPS) is 20.3.